The summed E-state index contributed by atoms with van der Waals surface area (Å²) in [5.41, 5.74) is 2.27. The van der Waals surface area contributed by atoms with Crippen molar-refractivity contribution in [3.8, 4) is 0 Å². The van der Waals surface area contributed by atoms with E-state index < -0.39 is 18.0 Å². The van der Waals surface area contributed by atoms with Gasteiger partial charge in [-0.25, -0.2) is 14.8 Å². The fraction of sp³-hybridized carbons (Fsp3) is 0.324. The maximum atomic E-state index is 13.6. The Labute approximate surface area is 272 Å². The summed E-state index contributed by atoms with van der Waals surface area (Å²) in [5, 5.41) is 13.4. The first-order valence-corrected chi connectivity index (χ1v) is 15.5. The van der Waals surface area contributed by atoms with E-state index in [2.05, 4.69) is 27.5 Å². The number of nitrogens with zero attached hydrogens (tertiary/aromatic N) is 4. The van der Waals surface area contributed by atoms with Crippen LogP contribution < -0.4 is 15.5 Å². The van der Waals surface area contributed by atoms with E-state index in [1.807, 2.05) is 0 Å². The van der Waals surface area contributed by atoms with Gasteiger partial charge < -0.3 is 19.4 Å². The predicted molar refractivity (Wildman–Crippen MR) is 178 cm³/mol. The van der Waals surface area contributed by atoms with E-state index in [0.29, 0.717) is 40.3 Å². The van der Waals surface area contributed by atoms with Crippen LogP contribution in [0.4, 0.5) is 16.3 Å². The number of esters is 1. The summed E-state index contributed by atoms with van der Waals surface area (Å²) in [7, 11) is 1.70. The number of hydrogen-bond acceptors (Lipinski definition) is 9. The summed E-state index contributed by atoms with van der Waals surface area (Å²) in [6.07, 6.45) is 4.80. The van der Waals surface area contributed by atoms with Crippen molar-refractivity contribution in [1.82, 2.24) is 19.9 Å². The van der Waals surface area contributed by atoms with Crippen molar-refractivity contribution >= 4 is 52.3 Å². The number of nitrogens with one attached hydrogen (secondary N) is 3. The van der Waals surface area contributed by atoms with Crippen molar-refractivity contribution in [3.05, 3.63) is 83.8 Å². The van der Waals surface area contributed by atoms with Crippen molar-refractivity contribution in [2.75, 3.05) is 30.0 Å². The predicted octanol–water partition coefficient (Wildman–Crippen LogP) is 5.45. The number of imidazole rings is 1. The molecule has 3 amide bonds. The molecule has 2 aromatic heterocycles. The normalized spacial score (nSPS) is 10.7. The van der Waals surface area contributed by atoms with E-state index in [0.717, 1.165) is 25.7 Å². The van der Waals surface area contributed by atoms with Gasteiger partial charge in [0.1, 0.15) is 11.7 Å². The Hall–Kier alpha value is -5.59. The van der Waals surface area contributed by atoms with E-state index in [9.17, 15) is 19.2 Å². The number of carbonyl (C=O) groups excluding carboxylic acids is 4. The van der Waals surface area contributed by atoms with E-state index in [1.165, 1.54) is 4.90 Å². The van der Waals surface area contributed by atoms with Gasteiger partial charge in [-0.15, -0.1) is 0 Å². The number of fused-ring (bicyclic) bond motifs is 1. The van der Waals surface area contributed by atoms with E-state index in [4.69, 9.17) is 14.9 Å². The van der Waals surface area contributed by atoms with Gasteiger partial charge in [-0.05, 0) is 67.9 Å². The molecule has 0 spiro atoms. The molecule has 0 bridgehead atoms. The zero-order valence-electron chi connectivity index (χ0n) is 26.7. The molecule has 0 radical (unpaired) electrons. The second-order valence-corrected chi connectivity index (χ2v) is 10.6. The van der Waals surface area contributed by atoms with Crippen molar-refractivity contribution in [1.29, 1.82) is 5.41 Å². The number of aryl methyl sites for hydroxylation is 1. The summed E-state index contributed by atoms with van der Waals surface area (Å²) in [6.45, 7) is 4.43. The van der Waals surface area contributed by atoms with Gasteiger partial charge in [-0.3, -0.25) is 30.0 Å². The number of amides is 3. The van der Waals surface area contributed by atoms with Crippen LogP contribution in [0.2, 0.25) is 0 Å². The Kier molecular flexibility index (Phi) is 12.1. The molecule has 4 rings (SSSR count). The third-order valence-electron chi connectivity index (χ3n) is 7.24. The highest BCUT2D eigenvalue weighted by Gasteiger charge is 2.22. The third-order valence-corrected chi connectivity index (χ3v) is 7.24. The Morgan fingerprint density at radius 2 is 1.70 bits per heavy atom. The number of ether oxygens (including phenoxy) is 2. The lowest BCUT2D eigenvalue weighted by Crippen LogP contribution is -2.34. The van der Waals surface area contributed by atoms with Crippen LogP contribution in [0.3, 0.4) is 0 Å². The van der Waals surface area contributed by atoms with Crippen LogP contribution in [0, 0.1) is 5.41 Å². The van der Waals surface area contributed by atoms with Crippen LogP contribution in [0.1, 0.15) is 72.5 Å². The molecule has 0 unspecified atom stereocenters. The van der Waals surface area contributed by atoms with Crippen LogP contribution in [0.25, 0.3) is 11.0 Å². The number of amidine groups is 1. The Morgan fingerprint density at radius 3 is 2.40 bits per heavy atom. The molecule has 0 aliphatic carbocycles. The first-order valence-electron chi connectivity index (χ1n) is 15.5. The molecule has 0 fully saturated rings. The van der Waals surface area contributed by atoms with Gasteiger partial charge in [-0.2, -0.15) is 0 Å². The molecule has 13 nitrogen and oxygen atoms in total. The Morgan fingerprint density at radius 1 is 0.936 bits per heavy atom. The second kappa shape index (κ2) is 16.6. The molecule has 2 aromatic carbocycles. The highest BCUT2D eigenvalue weighted by atomic mass is 16.5. The maximum absolute atomic E-state index is 13.6. The third kappa shape index (κ3) is 9.22. The van der Waals surface area contributed by atoms with Crippen molar-refractivity contribution in [2.45, 2.75) is 46.0 Å². The first-order chi connectivity index (χ1) is 22.7. The highest BCUT2D eigenvalue weighted by Crippen LogP contribution is 2.21. The summed E-state index contributed by atoms with van der Waals surface area (Å²) < 4.78 is 11.8. The summed E-state index contributed by atoms with van der Waals surface area (Å²) in [6, 6.07) is 16.5. The molecule has 3 N–H and O–H groups in total. The van der Waals surface area contributed by atoms with Crippen LogP contribution in [0.5, 0.6) is 0 Å². The monoisotopic (exact) mass is 641 g/mol. The maximum Gasteiger partial charge on any atom is 0.412 e. The average Bonchev–Trinajstić information content (AvgIpc) is 3.41. The smallest absolute Gasteiger partial charge is 0.412 e. The van der Waals surface area contributed by atoms with E-state index in [1.54, 1.807) is 85.4 Å². The number of alkyl carbamates (subject to hydrolysis) is 1. The van der Waals surface area contributed by atoms with Crippen molar-refractivity contribution < 1.29 is 28.7 Å². The quantitative estimate of drug-likeness (QED) is 0.0707. The van der Waals surface area contributed by atoms with Crippen LogP contribution in [-0.2, 0) is 21.3 Å². The number of pyridine rings is 1. The fourth-order valence-electron chi connectivity index (χ4n) is 4.77. The number of carbonyl (C=O) groups is 4. The van der Waals surface area contributed by atoms with Gasteiger partial charge in [0.15, 0.2) is 5.82 Å². The van der Waals surface area contributed by atoms with E-state index in [-0.39, 0.29) is 37.1 Å². The molecule has 0 aliphatic heterocycles. The fourth-order valence-corrected chi connectivity index (χ4v) is 4.77. The summed E-state index contributed by atoms with van der Waals surface area (Å²) >= 11 is 0. The number of benzene rings is 2. The molecule has 0 atom stereocenters. The topological polar surface area (TPSA) is 169 Å². The van der Waals surface area contributed by atoms with Gasteiger partial charge >= 0.3 is 12.1 Å². The SMILES string of the molecule is CCCCCCOC(=O)NC(=N)c1ccc(NC(=O)c2nc3cc(C(=O)N(CCC(=O)OCC)c4ccccn4)ccc3n2C)cc1. The second-order valence-electron chi connectivity index (χ2n) is 10.6. The molecule has 0 saturated heterocycles. The molecular weight excluding hydrogens is 602 g/mol. The van der Waals surface area contributed by atoms with Crippen LogP contribution in [0.15, 0.2) is 66.9 Å². The lowest BCUT2D eigenvalue weighted by Gasteiger charge is -2.21. The minimum Gasteiger partial charge on any atom is -0.466 e. The summed E-state index contributed by atoms with van der Waals surface area (Å²) in [5.74, 6) is -0.897. The largest absolute Gasteiger partial charge is 0.466 e. The van der Waals surface area contributed by atoms with Gasteiger partial charge in [-0.1, -0.05) is 32.3 Å². The molecule has 0 aliphatic rings. The zero-order chi connectivity index (χ0) is 33.8. The number of rotatable bonds is 14. The minimum atomic E-state index is -0.684. The Bertz CT molecular complexity index is 1720. The lowest BCUT2D eigenvalue weighted by atomic mass is 10.1. The summed E-state index contributed by atoms with van der Waals surface area (Å²) in [4.78, 5) is 61.0. The van der Waals surface area contributed by atoms with Gasteiger partial charge in [0.25, 0.3) is 11.8 Å². The molecule has 47 heavy (non-hydrogen) atoms. The van der Waals surface area contributed by atoms with Gasteiger partial charge in [0.2, 0.25) is 0 Å². The van der Waals surface area contributed by atoms with Crippen molar-refractivity contribution in [2.24, 2.45) is 7.05 Å². The van der Waals surface area contributed by atoms with E-state index >= 15 is 0 Å². The molecule has 13 heteroatoms. The molecule has 246 valence electrons. The highest BCUT2D eigenvalue weighted by molar-refractivity contribution is 6.09. The average molecular weight is 642 g/mol. The molecule has 0 saturated carbocycles. The number of aromatic nitrogens is 3. The lowest BCUT2D eigenvalue weighted by molar-refractivity contribution is -0.142. The molecular formula is C34H39N7O6. The molecule has 2 heterocycles. The minimum absolute atomic E-state index is 0.00331. The standard InChI is InChI=1S/C34H39N7O6/c1-4-6-7-10-21-47-34(45)39-30(35)23-12-15-25(16-13-23)37-32(43)31-38-26-22-24(14-17-27(26)40(31)3)33(44)41(20-18-29(42)46-5-2)28-11-8-9-19-36-28/h8-9,11-17,19,22H,4-7,10,18,20-21H2,1-3H3,(H,37,43)(H2,35,39,45). The number of unbranched alkanes of at least 4 members (excludes halogenated alkanes) is 3. The number of hydrogen-bond donors (Lipinski definition) is 3. The zero-order valence-corrected chi connectivity index (χ0v) is 26.7. The first kappa shape index (κ1) is 34.3. The Balaban J connectivity index is 1.42. The van der Waals surface area contributed by atoms with Crippen LogP contribution in [-0.4, -0.2) is 64.0 Å². The van der Waals surface area contributed by atoms with Crippen molar-refractivity contribution in [3.63, 3.8) is 0 Å². The van der Waals surface area contributed by atoms with Gasteiger partial charge in [0, 0.05) is 36.6 Å². The van der Waals surface area contributed by atoms with Crippen LogP contribution >= 0.6 is 0 Å². The molecule has 4 aromatic rings. The van der Waals surface area contributed by atoms with Gasteiger partial charge in [0.05, 0.1) is 30.7 Å². The number of anilines is 2.